The van der Waals surface area contributed by atoms with Gasteiger partial charge in [0.25, 0.3) is 0 Å². The van der Waals surface area contributed by atoms with Crippen molar-refractivity contribution < 1.29 is 24.2 Å². The van der Waals surface area contributed by atoms with Crippen LogP contribution in [0.3, 0.4) is 0 Å². The average molecular weight is 259 g/mol. The van der Waals surface area contributed by atoms with Crippen LogP contribution in [0.15, 0.2) is 0 Å². The van der Waals surface area contributed by atoms with Gasteiger partial charge in [0, 0.05) is 13.7 Å². The second kappa shape index (κ2) is 7.33. The molecule has 1 aliphatic heterocycles. The van der Waals surface area contributed by atoms with Gasteiger partial charge in [0.05, 0.1) is 32.3 Å². The number of hydrogen-bond donors (Lipinski definition) is 1. The predicted octanol–water partition coefficient (Wildman–Crippen LogP) is 0.361. The molecule has 1 amide bonds. The summed E-state index contributed by atoms with van der Waals surface area (Å²) < 4.78 is 10.4. The number of hydrogen-bond acceptors (Lipinski definition) is 4. The van der Waals surface area contributed by atoms with Crippen LogP contribution in [0.2, 0.25) is 0 Å². The Bertz CT molecular complexity index is 294. The molecule has 0 spiro atoms. The summed E-state index contributed by atoms with van der Waals surface area (Å²) in [5.41, 5.74) is 0. The Morgan fingerprint density at radius 1 is 1.39 bits per heavy atom. The summed E-state index contributed by atoms with van der Waals surface area (Å²) in [4.78, 5) is 24.3. The van der Waals surface area contributed by atoms with Gasteiger partial charge in [-0.05, 0) is 6.42 Å². The van der Waals surface area contributed by atoms with Crippen molar-refractivity contribution in [2.24, 2.45) is 5.92 Å². The second-order valence-electron chi connectivity index (χ2n) is 4.42. The first-order chi connectivity index (χ1) is 8.57. The molecule has 6 nitrogen and oxygen atoms in total. The van der Waals surface area contributed by atoms with Crippen molar-refractivity contribution >= 4 is 11.9 Å². The first kappa shape index (κ1) is 14.9. The Morgan fingerprint density at radius 3 is 2.72 bits per heavy atom. The first-order valence-corrected chi connectivity index (χ1v) is 6.21. The SMILES string of the molecule is CCCOCCC(=O)N(C)C1COCC1C(=O)O. The van der Waals surface area contributed by atoms with Crippen molar-refractivity contribution in [3.8, 4) is 0 Å². The maximum Gasteiger partial charge on any atom is 0.311 e. The normalized spacial score (nSPS) is 23.0. The van der Waals surface area contributed by atoms with Gasteiger partial charge in [-0.25, -0.2) is 0 Å². The zero-order valence-electron chi connectivity index (χ0n) is 10.9. The van der Waals surface area contributed by atoms with Crippen LogP contribution in [0.1, 0.15) is 19.8 Å². The van der Waals surface area contributed by atoms with Gasteiger partial charge >= 0.3 is 5.97 Å². The van der Waals surface area contributed by atoms with E-state index in [0.29, 0.717) is 13.2 Å². The molecule has 18 heavy (non-hydrogen) atoms. The summed E-state index contributed by atoms with van der Waals surface area (Å²) >= 11 is 0. The maximum atomic E-state index is 11.9. The fraction of sp³-hybridized carbons (Fsp3) is 0.833. The second-order valence-corrected chi connectivity index (χ2v) is 4.42. The first-order valence-electron chi connectivity index (χ1n) is 6.21. The van der Waals surface area contributed by atoms with E-state index in [1.807, 2.05) is 6.92 Å². The lowest BCUT2D eigenvalue weighted by Gasteiger charge is -2.26. The molecule has 1 rings (SSSR count). The van der Waals surface area contributed by atoms with Crippen LogP contribution in [0.5, 0.6) is 0 Å². The number of amides is 1. The molecule has 0 aromatic carbocycles. The minimum atomic E-state index is -0.917. The predicted molar refractivity (Wildman–Crippen MR) is 64.2 cm³/mol. The van der Waals surface area contributed by atoms with E-state index in [9.17, 15) is 9.59 Å². The smallest absolute Gasteiger partial charge is 0.311 e. The number of carbonyl (C=O) groups excluding carboxylic acids is 1. The maximum absolute atomic E-state index is 11.9. The van der Waals surface area contributed by atoms with Gasteiger partial charge in [0.2, 0.25) is 5.91 Å². The van der Waals surface area contributed by atoms with Crippen LogP contribution < -0.4 is 0 Å². The van der Waals surface area contributed by atoms with E-state index in [2.05, 4.69) is 0 Å². The highest BCUT2D eigenvalue weighted by Crippen LogP contribution is 2.19. The molecule has 6 heteroatoms. The largest absolute Gasteiger partial charge is 0.481 e. The molecule has 1 aliphatic rings. The summed E-state index contributed by atoms with van der Waals surface area (Å²) in [6.45, 7) is 3.48. The van der Waals surface area contributed by atoms with Gasteiger partial charge in [0.15, 0.2) is 0 Å². The third kappa shape index (κ3) is 3.96. The van der Waals surface area contributed by atoms with Crippen molar-refractivity contribution in [3.05, 3.63) is 0 Å². The van der Waals surface area contributed by atoms with Crippen LogP contribution in [0.25, 0.3) is 0 Å². The van der Waals surface area contributed by atoms with Gasteiger partial charge < -0.3 is 19.5 Å². The van der Waals surface area contributed by atoms with Crippen molar-refractivity contribution in [2.75, 3.05) is 33.5 Å². The van der Waals surface area contributed by atoms with Gasteiger partial charge in [-0.2, -0.15) is 0 Å². The molecule has 0 aromatic heterocycles. The minimum absolute atomic E-state index is 0.104. The van der Waals surface area contributed by atoms with E-state index in [1.54, 1.807) is 7.05 Å². The molecular weight excluding hydrogens is 238 g/mol. The Morgan fingerprint density at radius 2 is 2.11 bits per heavy atom. The van der Waals surface area contributed by atoms with E-state index >= 15 is 0 Å². The highest BCUT2D eigenvalue weighted by molar-refractivity contribution is 5.78. The Kier molecular flexibility index (Phi) is 6.07. The third-order valence-electron chi connectivity index (χ3n) is 3.07. The van der Waals surface area contributed by atoms with Crippen LogP contribution in [-0.4, -0.2) is 61.4 Å². The molecular formula is C12H21NO5. The van der Waals surface area contributed by atoms with E-state index in [1.165, 1.54) is 4.90 Å². The molecule has 1 N–H and O–H groups in total. The Hall–Kier alpha value is -1.14. The Balaban J connectivity index is 2.40. The zero-order chi connectivity index (χ0) is 13.5. The molecule has 0 aliphatic carbocycles. The number of carboxylic acids is 1. The van der Waals surface area contributed by atoms with Gasteiger partial charge in [-0.15, -0.1) is 0 Å². The lowest BCUT2D eigenvalue weighted by atomic mass is 10.0. The fourth-order valence-electron chi connectivity index (χ4n) is 1.93. The molecule has 104 valence electrons. The highest BCUT2D eigenvalue weighted by atomic mass is 16.5. The summed E-state index contributed by atoms with van der Waals surface area (Å²) in [5.74, 6) is -1.65. The standard InChI is InChI=1S/C12H21NO5/c1-3-5-17-6-4-11(14)13(2)10-8-18-7-9(10)12(15)16/h9-10H,3-8H2,1-2H3,(H,15,16). The highest BCUT2D eigenvalue weighted by Gasteiger charge is 2.38. The van der Waals surface area contributed by atoms with Crippen LogP contribution in [-0.2, 0) is 19.1 Å². The Labute approximate surface area is 107 Å². The van der Waals surface area contributed by atoms with E-state index < -0.39 is 11.9 Å². The zero-order valence-corrected chi connectivity index (χ0v) is 10.9. The molecule has 1 heterocycles. The number of rotatable bonds is 7. The lowest BCUT2D eigenvalue weighted by molar-refractivity contribution is -0.144. The van der Waals surface area contributed by atoms with Crippen molar-refractivity contribution in [1.82, 2.24) is 4.90 Å². The van der Waals surface area contributed by atoms with Gasteiger partial charge in [0.1, 0.15) is 5.92 Å². The average Bonchev–Trinajstić information content (AvgIpc) is 2.82. The number of carbonyl (C=O) groups is 2. The number of ether oxygens (including phenoxy) is 2. The fourth-order valence-corrected chi connectivity index (χ4v) is 1.93. The van der Waals surface area contributed by atoms with Crippen LogP contribution in [0, 0.1) is 5.92 Å². The number of aliphatic carboxylic acids is 1. The molecule has 0 saturated carbocycles. The molecule has 2 atom stereocenters. The lowest BCUT2D eigenvalue weighted by Crippen LogP contribution is -2.44. The monoisotopic (exact) mass is 259 g/mol. The molecule has 0 radical (unpaired) electrons. The topological polar surface area (TPSA) is 76.1 Å². The van der Waals surface area contributed by atoms with Gasteiger partial charge in [-0.3, -0.25) is 9.59 Å². The van der Waals surface area contributed by atoms with Crippen LogP contribution in [0.4, 0.5) is 0 Å². The number of likely N-dealkylation sites (N-methyl/N-ethyl adjacent to an activating group) is 1. The van der Waals surface area contributed by atoms with Crippen LogP contribution >= 0.6 is 0 Å². The molecule has 1 saturated heterocycles. The van der Waals surface area contributed by atoms with E-state index in [-0.39, 0.29) is 31.6 Å². The molecule has 1 fully saturated rings. The summed E-state index contributed by atoms with van der Waals surface area (Å²) in [6.07, 6.45) is 1.20. The summed E-state index contributed by atoms with van der Waals surface area (Å²) in [7, 11) is 1.62. The van der Waals surface area contributed by atoms with E-state index in [0.717, 1.165) is 6.42 Å². The van der Waals surface area contributed by atoms with Crippen molar-refractivity contribution in [1.29, 1.82) is 0 Å². The third-order valence-corrected chi connectivity index (χ3v) is 3.07. The number of nitrogens with zero attached hydrogens (tertiary/aromatic N) is 1. The summed E-state index contributed by atoms with van der Waals surface area (Å²) in [5, 5.41) is 9.02. The summed E-state index contributed by atoms with van der Waals surface area (Å²) in [6, 6.07) is -0.374. The van der Waals surface area contributed by atoms with Crippen molar-refractivity contribution in [2.45, 2.75) is 25.8 Å². The minimum Gasteiger partial charge on any atom is -0.481 e. The molecule has 2 unspecified atom stereocenters. The van der Waals surface area contributed by atoms with Gasteiger partial charge in [-0.1, -0.05) is 6.92 Å². The molecule has 0 aromatic rings. The van der Waals surface area contributed by atoms with Crippen molar-refractivity contribution in [3.63, 3.8) is 0 Å². The van der Waals surface area contributed by atoms with E-state index in [4.69, 9.17) is 14.6 Å². The molecule has 0 bridgehead atoms. The number of carboxylic acid groups (broad SMARTS) is 1. The quantitative estimate of drug-likeness (QED) is 0.668.